The molecule has 6 heteroatoms. The Morgan fingerprint density at radius 1 is 0.966 bits per heavy atom. The van der Waals surface area contributed by atoms with Gasteiger partial charge in [-0.1, -0.05) is 43.2 Å². The molecule has 0 bridgehead atoms. The molecule has 154 valence electrons. The number of amides is 1. The third kappa shape index (κ3) is 3.95. The fourth-order valence-electron chi connectivity index (χ4n) is 5.38. The van der Waals surface area contributed by atoms with Crippen molar-refractivity contribution in [2.75, 3.05) is 19.6 Å². The monoisotopic (exact) mass is 393 g/mol. The Morgan fingerprint density at radius 3 is 2.62 bits per heavy atom. The van der Waals surface area contributed by atoms with E-state index in [0.29, 0.717) is 12.3 Å². The number of piperidine rings is 1. The number of nitrogens with zero attached hydrogens (tertiary/aromatic N) is 5. The zero-order valence-electron chi connectivity index (χ0n) is 17.2. The van der Waals surface area contributed by atoms with Gasteiger partial charge in [-0.3, -0.25) is 9.69 Å². The SMILES string of the molecule is O=C(Cc1ccccc1)N1CCCC(c2nnc3n2CCN(C2CCCC2)C3)C1. The molecule has 2 fully saturated rings. The minimum atomic E-state index is 0.228. The van der Waals surface area contributed by atoms with Crippen LogP contribution in [0, 0.1) is 0 Å². The Balaban J connectivity index is 1.25. The number of likely N-dealkylation sites (tertiary alicyclic amines) is 1. The predicted molar refractivity (Wildman–Crippen MR) is 111 cm³/mol. The van der Waals surface area contributed by atoms with E-state index in [2.05, 4.69) is 19.7 Å². The Hall–Kier alpha value is -2.21. The summed E-state index contributed by atoms with van der Waals surface area (Å²) in [5, 5.41) is 9.17. The molecule has 6 nitrogen and oxygen atoms in total. The van der Waals surface area contributed by atoms with Gasteiger partial charge in [0.1, 0.15) is 11.6 Å². The van der Waals surface area contributed by atoms with Crippen molar-refractivity contribution in [3.63, 3.8) is 0 Å². The summed E-state index contributed by atoms with van der Waals surface area (Å²) >= 11 is 0. The quantitative estimate of drug-likeness (QED) is 0.801. The number of fused-ring (bicyclic) bond motifs is 1. The van der Waals surface area contributed by atoms with E-state index in [-0.39, 0.29) is 5.91 Å². The minimum Gasteiger partial charge on any atom is -0.342 e. The molecule has 1 saturated heterocycles. The average molecular weight is 394 g/mol. The van der Waals surface area contributed by atoms with E-state index >= 15 is 0 Å². The van der Waals surface area contributed by atoms with Gasteiger partial charge in [0.15, 0.2) is 0 Å². The maximum absolute atomic E-state index is 12.8. The molecule has 0 N–H and O–H groups in total. The molecule has 0 radical (unpaired) electrons. The van der Waals surface area contributed by atoms with Gasteiger partial charge in [-0.15, -0.1) is 10.2 Å². The molecule has 1 unspecified atom stereocenters. The van der Waals surface area contributed by atoms with E-state index in [1.54, 1.807) is 0 Å². The van der Waals surface area contributed by atoms with Gasteiger partial charge < -0.3 is 9.47 Å². The first kappa shape index (κ1) is 18.8. The second kappa shape index (κ2) is 8.27. The molecule has 1 aromatic heterocycles. The van der Waals surface area contributed by atoms with Crippen LogP contribution in [0.15, 0.2) is 30.3 Å². The maximum atomic E-state index is 12.8. The van der Waals surface area contributed by atoms with Crippen LogP contribution in [0.4, 0.5) is 0 Å². The highest BCUT2D eigenvalue weighted by atomic mass is 16.2. The molecular formula is C23H31N5O. The lowest BCUT2D eigenvalue weighted by Gasteiger charge is -2.35. The molecule has 1 aliphatic carbocycles. The van der Waals surface area contributed by atoms with Crippen molar-refractivity contribution in [3.8, 4) is 0 Å². The number of benzene rings is 1. The Bertz CT molecular complexity index is 842. The van der Waals surface area contributed by atoms with Gasteiger partial charge in [-0.05, 0) is 31.2 Å². The van der Waals surface area contributed by atoms with Gasteiger partial charge in [0.05, 0.1) is 13.0 Å². The van der Waals surface area contributed by atoms with Crippen molar-refractivity contribution >= 4 is 5.91 Å². The number of carbonyl (C=O) groups excluding carboxylic acids is 1. The van der Waals surface area contributed by atoms with E-state index in [4.69, 9.17) is 0 Å². The van der Waals surface area contributed by atoms with Gasteiger partial charge in [0.2, 0.25) is 5.91 Å². The Labute approximate surface area is 172 Å². The summed E-state index contributed by atoms with van der Waals surface area (Å²) in [7, 11) is 0. The van der Waals surface area contributed by atoms with E-state index in [9.17, 15) is 4.79 Å². The van der Waals surface area contributed by atoms with Crippen molar-refractivity contribution in [2.45, 2.75) is 70.0 Å². The third-order valence-corrected chi connectivity index (χ3v) is 6.99. The van der Waals surface area contributed by atoms with E-state index in [0.717, 1.165) is 68.8 Å². The van der Waals surface area contributed by atoms with Gasteiger partial charge in [0, 0.05) is 38.1 Å². The first-order valence-corrected chi connectivity index (χ1v) is 11.3. The number of hydrogen-bond acceptors (Lipinski definition) is 4. The normalized spacial score (nSPS) is 23.3. The van der Waals surface area contributed by atoms with Gasteiger partial charge in [0.25, 0.3) is 0 Å². The molecule has 5 rings (SSSR count). The molecule has 2 aromatic rings. The van der Waals surface area contributed by atoms with Gasteiger partial charge >= 0.3 is 0 Å². The van der Waals surface area contributed by atoms with Crippen LogP contribution in [0.25, 0.3) is 0 Å². The van der Waals surface area contributed by atoms with Crippen LogP contribution in [0.1, 0.15) is 61.7 Å². The highest BCUT2D eigenvalue weighted by Gasteiger charge is 2.32. The zero-order valence-corrected chi connectivity index (χ0v) is 17.2. The summed E-state index contributed by atoms with van der Waals surface area (Å²) in [6.07, 6.45) is 8.04. The summed E-state index contributed by atoms with van der Waals surface area (Å²) in [5.41, 5.74) is 1.09. The van der Waals surface area contributed by atoms with Crippen molar-refractivity contribution in [3.05, 3.63) is 47.5 Å². The number of carbonyl (C=O) groups is 1. The third-order valence-electron chi connectivity index (χ3n) is 6.99. The molecule has 1 aromatic carbocycles. The Morgan fingerprint density at radius 2 is 1.79 bits per heavy atom. The highest BCUT2D eigenvalue weighted by molar-refractivity contribution is 5.78. The minimum absolute atomic E-state index is 0.228. The van der Waals surface area contributed by atoms with E-state index < -0.39 is 0 Å². The lowest BCUT2D eigenvalue weighted by atomic mass is 9.96. The van der Waals surface area contributed by atoms with Crippen molar-refractivity contribution < 1.29 is 4.79 Å². The maximum Gasteiger partial charge on any atom is 0.227 e. The van der Waals surface area contributed by atoms with Crippen molar-refractivity contribution in [2.24, 2.45) is 0 Å². The fraction of sp³-hybridized carbons (Fsp3) is 0.609. The molecule has 3 aliphatic rings. The molecule has 29 heavy (non-hydrogen) atoms. The van der Waals surface area contributed by atoms with Crippen LogP contribution in [-0.4, -0.2) is 56.1 Å². The van der Waals surface area contributed by atoms with Crippen molar-refractivity contribution in [1.82, 2.24) is 24.6 Å². The largest absolute Gasteiger partial charge is 0.342 e. The van der Waals surface area contributed by atoms with Crippen LogP contribution in [0.3, 0.4) is 0 Å². The first-order valence-electron chi connectivity index (χ1n) is 11.3. The highest BCUT2D eigenvalue weighted by Crippen LogP contribution is 2.30. The molecule has 3 heterocycles. The lowest BCUT2D eigenvalue weighted by Crippen LogP contribution is -2.42. The van der Waals surface area contributed by atoms with Crippen molar-refractivity contribution in [1.29, 1.82) is 0 Å². The van der Waals surface area contributed by atoms with Crippen LogP contribution < -0.4 is 0 Å². The molecular weight excluding hydrogens is 362 g/mol. The summed E-state index contributed by atoms with van der Waals surface area (Å²) in [5.74, 6) is 2.75. The fourth-order valence-corrected chi connectivity index (χ4v) is 5.38. The van der Waals surface area contributed by atoms with Crippen LogP contribution in [-0.2, 0) is 24.3 Å². The van der Waals surface area contributed by atoms with E-state index in [1.165, 1.54) is 25.7 Å². The second-order valence-electron chi connectivity index (χ2n) is 8.88. The first-order chi connectivity index (χ1) is 14.3. The standard InChI is InChI=1S/C23H31N5O/c29-22(15-18-7-2-1-3-8-18)27-12-6-9-19(16-27)23-25-24-21-17-26(13-14-28(21)23)20-10-4-5-11-20/h1-3,7-8,19-20H,4-6,9-17H2. The topological polar surface area (TPSA) is 54.3 Å². The van der Waals surface area contributed by atoms with Crippen LogP contribution in [0.5, 0.6) is 0 Å². The molecule has 1 atom stereocenters. The number of aromatic nitrogens is 3. The summed E-state index contributed by atoms with van der Waals surface area (Å²) in [4.78, 5) is 17.5. The van der Waals surface area contributed by atoms with Gasteiger partial charge in [-0.2, -0.15) is 0 Å². The number of rotatable bonds is 4. The zero-order chi connectivity index (χ0) is 19.6. The molecule has 1 amide bonds. The second-order valence-corrected chi connectivity index (χ2v) is 8.88. The smallest absolute Gasteiger partial charge is 0.227 e. The molecule has 2 aliphatic heterocycles. The Kier molecular flexibility index (Phi) is 5.36. The summed E-state index contributed by atoms with van der Waals surface area (Å²) < 4.78 is 2.35. The summed E-state index contributed by atoms with van der Waals surface area (Å²) in [6.45, 7) is 4.66. The molecule has 0 spiro atoms. The number of hydrogen-bond donors (Lipinski definition) is 0. The lowest BCUT2D eigenvalue weighted by molar-refractivity contribution is -0.131. The van der Waals surface area contributed by atoms with Gasteiger partial charge in [-0.25, -0.2) is 0 Å². The van der Waals surface area contributed by atoms with Crippen LogP contribution in [0.2, 0.25) is 0 Å². The molecule has 1 saturated carbocycles. The summed E-state index contributed by atoms with van der Waals surface area (Å²) in [6, 6.07) is 10.8. The predicted octanol–water partition coefficient (Wildman–Crippen LogP) is 2.99. The van der Waals surface area contributed by atoms with Crippen LogP contribution >= 0.6 is 0 Å². The van der Waals surface area contributed by atoms with E-state index in [1.807, 2.05) is 35.2 Å². The average Bonchev–Trinajstić information content (AvgIpc) is 3.44.